The van der Waals surface area contributed by atoms with Gasteiger partial charge in [-0.2, -0.15) is 0 Å². The van der Waals surface area contributed by atoms with Gasteiger partial charge in [-0.15, -0.1) is 0 Å². The second-order valence-corrected chi connectivity index (χ2v) is 11.4. The van der Waals surface area contributed by atoms with E-state index in [-0.39, 0.29) is 18.3 Å². The van der Waals surface area contributed by atoms with Gasteiger partial charge in [0.05, 0.1) is 11.9 Å². The smallest absolute Gasteiger partial charge is 0.244 e. The molecule has 2 aromatic carbocycles. The minimum atomic E-state index is -3.89. The van der Waals surface area contributed by atoms with Crippen molar-refractivity contribution in [2.75, 3.05) is 30.3 Å². The molecule has 2 aromatic rings. The molecule has 12 heteroatoms. The van der Waals surface area contributed by atoms with Crippen molar-refractivity contribution in [2.45, 2.75) is 39.4 Å². The Hall–Kier alpha value is -2.69. The molecule has 0 saturated heterocycles. The molecule has 2 amide bonds. The number of hydrogen-bond donors (Lipinski definition) is 1. The average molecular weight is 558 g/mol. The molecule has 0 radical (unpaired) electrons. The molecular formula is C24H29Cl2N3O6S. The summed E-state index contributed by atoms with van der Waals surface area (Å²) in [5.41, 5.74) is 0.675. The third-order valence-corrected chi connectivity index (χ3v) is 7.33. The fraction of sp³-hybridized carbons (Fsp3) is 0.417. The molecule has 36 heavy (non-hydrogen) atoms. The lowest BCUT2D eigenvalue weighted by Gasteiger charge is -2.32. The maximum Gasteiger partial charge on any atom is 0.244 e. The van der Waals surface area contributed by atoms with Crippen LogP contribution in [0.15, 0.2) is 36.4 Å². The van der Waals surface area contributed by atoms with Gasteiger partial charge in [0.1, 0.15) is 25.8 Å². The Morgan fingerprint density at radius 3 is 2.22 bits per heavy atom. The Labute approximate surface area is 221 Å². The summed E-state index contributed by atoms with van der Waals surface area (Å²) in [6.45, 7) is 5.22. The van der Waals surface area contributed by atoms with Crippen molar-refractivity contribution in [3.8, 4) is 11.5 Å². The predicted octanol–water partition coefficient (Wildman–Crippen LogP) is 3.47. The molecule has 1 aliphatic heterocycles. The van der Waals surface area contributed by atoms with Crippen LogP contribution < -0.4 is 19.1 Å². The van der Waals surface area contributed by atoms with Gasteiger partial charge in [0.2, 0.25) is 21.8 Å². The maximum atomic E-state index is 13.6. The zero-order valence-corrected chi connectivity index (χ0v) is 22.8. The van der Waals surface area contributed by atoms with Crippen molar-refractivity contribution < 1.29 is 27.5 Å². The van der Waals surface area contributed by atoms with Crippen LogP contribution in [0.5, 0.6) is 11.5 Å². The van der Waals surface area contributed by atoms with Gasteiger partial charge in [-0.25, -0.2) is 8.42 Å². The summed E-state index contributed by atoms with van der Waals surface area (Å²) in [5, 5.41) is 3.43. The predicted molar refractivity (Wildman–Crippen MR) is 139 cm³/mol. The second kappa shape index (κ2) is 11.6. The number of carbonyl (C=O) groups is 2. The van der Waals surface area contributed by atoms with Gasteiger partial charge in [-0.3, -0.25) is 13.9 Å². The van der Waals surface area contributed by atoms with E-state index in [2.05, 4.69) is 5.32 Å². The molecule has 0 bridgehead atoms. The fourth-order valence-electron chi connectivity index (χ4n) is 3.64. The van der Waals surface area contributed by atoms with Gasteiger partial charge >= 0.3 is 0 Å². The first-order valence-electron chi connectivity index (χ1n) is 11.3. The fourth-order valence-corrected chi connectivity index (χ4v) is 5.00. The van der Waals surface area contributed by atoms with Crippen molar-refractivity contribution in [3.05, 3.63) is 52.0 Å². The van der Waals surface area contributed by atoms with Gasteiger partial charge in [0.25, 0.3) is 0 Å². The topological polar surface area (TPSA) is 105 Å². The number of carbonyl (C=O) groups excluding carboxylic acids is 2. The quantitative estimate of drug-likeness (QED) is 0.506. The van der Waals surface area contributed by atoms with Gasteiger partial charge < -0.3 is 19.7 Å². The van der Waals surface area contributed by atoms with E-state index in [9.17, 15) is 18.0 Å². The van der Waals surface area contributed by atoms with Crippen LogP contribution in [-0.2, 0) is 26.2 Å². The first-order valence-corrected chi connectivity index (χ1v) is 13.9. The summed E-state index contributed by atoms with van der Waals surface area (Å²) in [6.07, 6.45) is 1.00. The summed E-state index contributed by atoms with van der Waals surface area (Å²) < 4.78 is 37.5. The number of benzene rings is 2. The molecule has 1 atom stereocenters. The molecule has 0 saturated carbocycles. The maximum absolute atomic E-state index is 13.6. The Bertz CT molecular complexity index is 1220. The molecule has 3 rings (SSSR count). The zero-order chi connectivity index (χ0) is 26.6. The molecule has 0 spiro atoms. The Morgan fingerprint density at radius 2 is 1.64 bits per heavy atom. The highest BCUT2D eigenvalue weighted by Crippen LogP contribution is 2.35. The molecule has 1 heterocycles. The van der Waals surface area contributed by atoms with Crippen LogP contribution in [0.25, 0.3) is 0 Å². The molecule has 1 aliphatic rings. The zero-order valence-electron chi connectivity index (χ0n) is 20.5. The molecule has 196 valence electrons. The lowest BCUT2D eigenvalue weighted by atomic mass is 10.1. The van der Waals surface area contributed by atoms with Crippen LogP contribution in [0, 0.1) is 0 Å². The van der Waals surface area contributed by atoms with E-state index in [1.54, 1.807) is 45.0 Å². The first kappa shape index (κ1) is 27.9. The van der Waals surface area contributed by atoms with E-state index in [4.69, 9.17) is 32.7 Å². The van der Waals surface area contributed by atoms with Crippen LogP contribution in [-0.4, -0.2) is 63.2 Å². The average Bonchev–Trinajstić information content (AvgIpc) is 2.80. The molecular weight excluding hydrogens is 529 g/mol. The monoisotopic (exact) mass is 557 g/mol. The number of halogens is 2. The normalized spacial score (nSPS) is 13.8. The van der Waals surface area contributed by atoms with Crippen molar-refractivity contribution in [3.63, 3.8) is 0 Å². The third-order valence-electron chi connectivity index (χ3n) is 5.48. The number of ether oxygens (including phenoxy) is 2. The number of fused-ring (bicyclic) bond motifs is 1. The Balaban J connectivity index is 1.96. The van der Waals surface area contributed by atoms with Crippen molar-refractivity contribution >= 4 is 50.7 Å². The molecule has 1 unspecified atom stereocenters. The molecule has 0 aromatic heterocycles. The molecule has 9 nitrogen and oxygen atoms in total. The highest BCUT2D eigenvalue weighted by Gasteiger charge is 2.31. The minimum absolute atomic E-state index is 0.0945. The van der Waals surface area contributed by atoms with Gasteiger partial charge in [-0.1, -0.05) is 29.3 Å². The first-order chi connectivity index (χ1) is 16.9. The van der Waals surface area contributed by atoms with Gasteiger partial charge in [0, 0.05) is 34.3 Å². The van der Waals surface area contributed by atoms with Crippen LogP contribution in [0.1, 0.15) is 26.3 Å². The number of anilines is 1. The van der Waals surface area contributed by atoms with E-state index in [1.807, 2.05) is 0 Å². The van der Waals surface area contributed by atoms with E-state index in [0.29, 0.717) is 40.3 Å². The van der Waals surface area contributed by atoms with Crippen LogP contribution in [0.3, 0.4) is 0 Å². The third kappa shape index (κ3) is 6.74. The largest absolute Gasteiger partial charge is 0.486 e. The molecule has 0 fully saturated rings. The van der Waals surface area contributed by atoms with Crippen molar-refractivity contribution in [1.29, 1.82) is 0 Å². The van der Waals surface area contributed by atoms with Gasteiger partial charge in [-0.05, 0) is 45.0 Å². The number of rotatable bonds is 9. The number of hydrogen-bond acceptors (Lipinski definition) is 6. The summed E-state index contributed by atoms with van der Waals surface area (Å²) in [6, 6.07) is 8.46. The van der Waals surface area contributed by atoms with E-state index < -0.39 is 34.4 Å². The summed E-state index contributed by atoms with van der Waals surface area (Å²) in [4.78, 5) is 27.7. The number of sulfonamides is 1. The SMILES string of the molecule is CC(C)NC(=O)C(C)N(Cc1c(Cl)cccc1Cl)C(=O)CN(c1ccc2c(c1)OCCO2)S(C)(=O)=O. The highest BCUT2D eigenvalue weighted by molar-refractivity contribution is 7.92. The van der Waals surface area contributed by atoms with E-state index >= 15 is 0 Å². The van der Waals surface area contributed by atoms with E-state index in [0.717, 1.165) is 10.6 Å². The number of nitrogens with one attached hydrogen (secondary N) is 1. The lowest BCUT2D eigenvalue weighted by Crippen LogP contribution is -2.52. The molecule has 1 N–H and O–H groups in total. The van der Waals surface area contributed by atoms with E-state index in [1.165, 1.54) is 17.0 Å². The number of amides is 2. The van der Waals surface area contributed by atoms with Crippen molar-refractivity contribution in [2.24, 2.45) is 0 Å². The van der Waals surface area contributed by atoms with Crippen LogP contribution in [0.4, 0.5) is 5.69 Å². The summed E-state index contributed by atoms with van der Waals surface area (Å²) >= 11 is 12.7. The number of nitrogens with zero attached hydrogens (tertiary/aromatic N) is 2. The van der Waals surface area contributed by atoms with Gasteiger partial charge in [0.15, 0.2) is 11.5 Å². The van der Waals surface area contributed by atoms with Crippen molar-refractivity contribution in [1.82, 2.24) is 10.2 Å². The highest BCUT2D eigenvalue weighted by atomic mass is 35.5. The minimum Gasteiger partial charge on any atom is -0.486 e. The van der Waals surface area contributed by atoms with Crippen LogP contribution in [0.2, 0.25) is 10.0 Å². The lowest BCUT2D eigenvalue weighted by molar-refractivity contribution is -0.139. The second-order valence-electron chi connectivity index (χ2n) is 8.66. The Morgan fingerprint density at radius 1 is 1.03 bits per heavy atom. The summed E-state index contributed by atoms with van der Waals surface area (Å²) in [7, 11) is -3.89. The molecule has 0 aliphatic carbocycles. The van der Waals surface area contributed by atoms with Crippen LogP contribution >= 0.6 is 23.2 Å². The summed E-state index contributed by atoms with van der Waals surface area (Å²) in [5.74, 6) is -0.146. The standard InChI is InChI=1S/C24H29Cl2N3O6S/c1-15(2)27-24(31)16(3)28(13-18-19(25)6-5-7-20(18)26)23(30)14-29(36(4,32)33)17-8-9-21-22(12-17)35-11-10-34-21/h5-9,12,15-16H,10-11,13-14H2,1-4H3,(H,27,31). The Kier molecular flexibility index (Phi) is 8.97.